The van der Waals surface area contributed by atoms with Crippen molar-refractivity contribution >= 4 is 13.6 Å². The second kappa shape index (κ2) is 5.42. The highest BCUT2D eigenvalue weighted by Crippen LogP contribution is 2.38. The number of allylic oxidation sites excluding steroid dienone is 1. The van der Waals surface area contributed by atoms with E-state index in [9.17, 15) is 9.36 Å². The average molecular weight is 237 g/mol. The number of rotatable bonds is 5. The van der Waals surface area contributed by atoms with Crippen LogP contribution < -0.4 is 5.73 Å². The summed E-state index contributed by atoms with van der Waals surface area (Å²) in [4.78, 5) is 28.0. The third kappa shape index (κ3) is 6.41. The topological polar surface area (TPSA) is 121 Å². The van der Waals surface area contributed by atoms with Gasteiger partial charge in [-0.25, -0.2) is 0 Å². The molecule has 0 aliphatic carbocycles. The standard InChI is InChI=1S/C8H16NO5P/c1-5(2)6(4-15(12,13)14)3-7(9)8(10)11/h3,5,7H,4,9H2,1-2H3,(H,10,11)(H2,12,13,14)/b6-3-. The summed E-state index contributed by atoms with van der Waals surface area (Å²) < 4.78 is 10.8. The fourth-order valence-electron chi connectivity index (χ4n) is 0.967. The molecule has 0 aromatic rings. The van der Waals surface area contributed by atoms with Gasteiger partial charge in [0.1, 0.15) is 6.04 Å². The van der Waals surface area contributed by atoms with Crippen LogP contribution in [0.15, 0.2) is 11.6 Å². The van der Waals surface area contributed by atoms with E-state index < -0.39 is 25.8 Å². The van der Waals surface area contributed by atoms with Crippen LogP contribution in [0.5, 0.6) is 0 Å². The quantitative estimate of drug-likeness (QED) is 0.399. The molecule has 0 fully saturated rings. The monoisotopic (exact) mass is 237 g/mol. The highest BCUT2D eigenvalue weighted by atomic mass is 31.2. The minimum absolute atomic E-state index is 0.150. The minimum atomic E-state index is -4.18. The number of aliphatic carboxylic acids is 1. The Hall–Kier alpha value is -0.680. The molecule has 1 unspecified atom stereocenters. The number of carbonyl (C=O) groups is 1. The van der Waals surface area contributed by atoms with Gasteiger partial charge in [-0.1, -0.05) is 25.5 Å². The van der Waals surface area contributed by atoms with Gasteiger partial charge in [-0.2, -0.15) is 0 Å². The lowest BCUT2D eigenvalue weighted by atomic mass is 10.0. The molecule has 5 N–H and O–H groups in total. The van der Waals surface area contributed by atoms with Crippen molar-refractivity contribution in [3.8, 4) is 0 Å². The number of carboxylic acid groups (broad SMARTS) is 1. The highest BCUT2D eigenvalue weighted by Gasteiger charge is 2.20. The van der Waals surface area contributed by atoms with Gasteiger partial charge < -0.3 is 20.6 Å². The molecule has 0 bridgehead atoms. The van der Waals surface area contributed by atoms with E-state index in [0.717, 1.165) is 0 Å². The zero-order chi connectivity index (χ0) is 12.2. The molecule has 1 atom stereocenters. The zero-order valence-corrected chi connectivity index (χ0v) is 9.52. The van der Waals surface area contributed by atoms with Crippen LogP contribution in [0, 0.1) is 5.92 Å². The van der Waals surface area contributed by atoms with Gasteiger partial charge in [0.15, 0.2) is 0 Å². The van der Waals surface area contributed by atoms with Crippen molar-refractivity contribution in [2.24, 2.45) is 11.7 Å². The van der Waals surface area contributed by atoms with Crippen LogP contribution in [0.2, 0.25) is 0 Å². The van der Waals surface area contributed by atoms with Gasteiger partial charge in [0.05, 0.1) is 6.16 Å². The highest BCUT2D eigenvalue weighted by molar-refractivity contribution is 7.52. The normalized spacial score (nSPS) is 15.5. The maximum Gasteiger partial charge on any atom is 0.329 e. The van der Waals surface area contributed by atoms with Gasteiger partial charge >= 0.3 is 13.6 Å². The molecule has 0 aliphatic heterocycles. The van der Waals surface area contributed by atoms with Crippen LogP contribution in [0.3, 0.4) is 0 Å². The number of carboxylic acids is 1. The zero-order valence-electron chi connectivity index (χ0n) is 8.62. The minimum Gasteiger partial charge on any atom is -0.480 e. The van der Waals surface area contributed by atoms with Crippen molar-refractivity contribution < 1.29 is 24.3 Å². The summed E-state index contributed by atoms with van der Waals surface area (Å²) in [6, 6.07) is -1.23. The summed E-state index contributed by atoms with van der Waals surface area (Å²) >= 11 is 0. The van der Waals surface area contributed by atoms with Crippen molar-refractivity contribution in [3.63, 3.8) is 0 Å². The van der Waals surface area contributed by atoms with E-state index in [1.807, 2.05) is 0 Å². The van der Waals surface area contributed by atoms with Crippen molar-refractivity contribution in [2.45, 2.75) is 19.9 Å². The summed E-state index contributed by atoms with van der Waals surface area (Å²) in [6.07, 6.45) is 0.734. The van der Waals surface area contributed by atoms with Gasteiger partial charge in [-0.15, -0.1) is 0 Å². The maximum atomic E-state index is 10.8. The van der Waals surface area contributed by atoms with Crippen LogP contribution in [0.4, 0.5) is 0 Å². The van der Waals surface area contributed by atoms with Crippen LogP contribution in [0.1, 0.15) is 13.8 Å². The van der Waals surface area contributed by atoms with Gasteiger partial charge in [0.25, 0.3) is 0 Å². The fourth-order valence-corrected chi connectivity index (χ4v) is 1.91. The molecule has 6 nitrogen and oxygen atoms in total. The number of hydrogen-bond donors (Lipinski definition) is 4. The molecule has 0 heterocycles. The fraction of sp³-hybridized carbons (Fsp3) is 0.625. The Morgan fingerprint density at radius 2 is 1.93 bits per heavy atom. The molecule has 0 aliphatic rings. The Morgan fingerprint density at radius 3 is 2.20 bits per heavy atom. The molecule has 15 heavy (non-hydrogen) atoms. The summed E-state index contributed by atoms with van der Waals surface area (Å²) in [6.45, 7) is 3.44. The Morgan fingerprint density at radius 1 is 1.47 bits per heavy atom. The van der Waals surface area contributed by atoms with E-state index in [2.05, 4.69) is 0 Å². The first-order valence-electron chi connectivity index (χ1n) is 4.37. The van der Waals surface area contributed by atoms with E-state index in [-0.39, 0.29) is 5.92 Å². The summed E-state index contributed by atoms with van der Waals surface area (Å²) in [7, 11) is -4.18. The average Bonchev–Trinajstić information content (AvgIpc) is 1.99. The summed E-state index contributed by atoms with van der Waals surface area (Å²) in [5.74, 6) is -1.37. The molecule has 0 spiro atoms. The van der Waals surface area contributed by atoms with Crippen LogP contribution in [0.25, 0.3) is 0 Å². The van der Waals surface area contributed by atoms with Gasteiger partial charge in [0.2, 0.25) is 0 Å². The van der Waals surface area contributed by atoms with Crippen molar-refractivity contribution in [2.75, 3.05) is 6.16 Å². The lowest BCUT2D eigenvalue weighted by Crippen LogP contribution is -2.28. The van der Waals surface area contributed by atoms with Crippen LogP contribution >= 0.6 is 7.60 Å². The van der Waals surface area contributed by atoms with Gasteiger partial charge in [-0.3, -0.25) is 9.36 Å². The molecule has 0 rings (SSSR count). The molecule has 0 saturated carbocycles. The smallest absolute Gasteiger partial charge is 0.329 e. The molecule has 0 amide bonds. The lowest BCUT2D eigenvalue weighted by Gasteiger charge is -2.13. The first-order valence-corrected chi connectivity index (χ1v) is 6.17. The molecular weight excluding hydrogens is 221 g/mol. The van der Waals surface area contributed by atoms with Crippen molar-refractivity contribution in [1.29, 1.82) is 0 Å². The predicted octanol–water partition coefficient (Wildman–Crippen LogP) is 0.158. The molecule has 0 aromatic heterocycles. The van der Waals surface area contributed by atoms with Crippen LogP contribution in [-0.4, -0.2) is 33.1 Å². The SMILES string of the molecule is CC(C)/C(=C\C(N)C(=O)O)CP(=O)(O)O. The second-order valence-electron chi connectivity index (χ2n) is 3.58. The molecule has 0 aromatic carbocycles. The third-order valence-electron chi connectivity index (χ3n) is 1.81. The molecule has 7 heteroatoms. The lowest BCUT2D eigenvalue weighted by molar-refractivity contribution is -0.137. The first kappa shape index (κ1) is 14.3. The first-order chi connectivity index (χ1) is 6.63. The second-order valence-corrected chi connectivity index (χ2v) is 5.23. The summed E-state index contributed by atoms with van der Waals surface area (Å²) in [5.41, 5.74) is 5.60. The maximum absolute atomic E-state index is 10.8. The van der Waals surface area contributed by atoms with E-state index in [0.29, 0.717) is 5.57 Å². The summed E-state index contributed by atoms with van der Waals surface area (Å²) in [5, 5.41) is 8.55. The molecule has 0 saturated heterocycles. The van der Waals surface area contributed by atoms with Gasteiger partial charge in [-0.05, 0) is 5.92 Å². The van der Waals surface area contributed by atoms with Gasteiger partial charge in [0, 0.05) is 0 Å². The predicted molar refractivity (Wildman–Crippen MR) is 55.4 cm³/mol. The van der Waals surface area contributed by atoms with E-state index in [1.54, 1.807) is 13.8 Å². The van der Waals surface area contributed by atoms with E-state index >= 15 is 0 Å². The Bertz CT molecular complexity index is 306. The van der Waals surface area contributed by atoms with Crippen molar-refractivity contribution in [1.82, 2.24) is 0 Å². The van der Waals surface area contributed by atoms with E-state index in [1.165, 1.54) is 6.08 Å². The molecule has 88 valence electrons. The van der Waals surface area contributed by atoms with Crippen molar-refractivity contribution in [3.05, 3.63) is 11.6 Å². The third-order valence-corrected chi connectivity index (χ3v) is 2.59. The number of hydrogen-bond acceptors (Lipinski definition) is 3. The Kier molecular flexibility index (Phi) is 5.17. The Labute approximate surface area is 88.0 Å². The van der Waals surface area contributed by atoms with E-state index in [4.69, 9.17) is 20.6 Å². The Balaban J connectivity index is 4.82. The molecular formula is C8H16NO5P. The van der Waals surface area contributed by atoms with Crippen LogP contribution in [-0.2, 0) is 9.36 Å². The molecule has 0 radical (unpaired) electrons. The largest absolute Gasteiger partial charge is 0.480 e. The number of nitrogens with two attached hydrogens (primary N) is 1.